The number of hydrogen-bond donors (Lipinski definition) is 0. The molecule has 0 unspecified atom stereocenters. The Bertz CT molecular complexity index is 561. The predicted octanol–water partition coefficient (Wildman–Crippen LogP) is 1.66. The van der Waals surface area contributed by atoms with E-state index in [2.05, 4.69) is 30.7 Å². The Morgan fingerprint density at radius 1 is 1.29 bits per heavy atom. The molecule has 1 aromatic heterocycles. The highest BCUT2D eigenvalue weighted by molar-refractivity contribution is 5.94. The SMILES string of the molecule is CC(C)N1CCN(C(=O)c2ccc(OCC3(C)COC3)nc2)CC1. The predicted molar refractivity (Wildman–Crippen MR) is 91.3 cm³/mol. The van der Waals surface area contributed by atoms with Crippen molar-refractivity contribution in [2.75, 3.05) is 46.0 Å². The van der Waals surface area contributed by atoms with Crippen molar-refractivity contribution in [3.8, 4) is 5.88 Å². The van der Waals surface area contributed by atoms with E-state index in [-0.39, 0.29) is 11.3 Å². The number of amides is 1. The quantitative estimate of drug-likeness (QED) is 0.820. The molecule has 0 N–H and O–H groups in total. The fourth-order valence-corrected chi connectivity index (χ4v) is 3.00. The number of pyridine rings is 1. The molecule has 0 radical (unpaired) electrons. The number of aromatic nitrogens is 1. The van der Waals surface area contributed by atoms with Crippen LogP contribution in [0.2, 0.25) is 0 Å². The van der Waals surface area contributed by atoms with E-state index in [9.17, 15) is 4.79 Å². The third kappa shape index (κ3) is 3.87. The van der Waals surface area contributed by atoms with Crippen LogP contribution in [0.25, 0.3) is 0 Å². The van der Waals surface area contributed by atoms with Crippen LogP contribution in [-0.2, 0) is 4.74 Å². The summed E-state index contributed by atoms with van der Waals surface area (Å²) in [7, 11) is 0. The van der Waals surface area contributed by atoms with Gasteiger partial charge in [0, 0.05) is 49.9 Å². The van der Waals surface area contributed by atoms with Gasteiger partial charge in [-0.15, -0.1) is 0 Å². The monoisotopic (exact) mass is 333 g/mol. The average Bonchev–Trinajstić information content (AvgIpc) is 2.58. The topological polar surface area (TPSA) is 54.9 Å². The van der Waals surface area contributed by atoms with Crippen LogP contribution in [0.1, 0.15) is 31.1 Å². The van der Waals surface area contributed by atoms with Crippen molar-refractivity contribution in [2.45, 2.75) is 26.8 Å². The van der Waals surface area contributed by atoms with E-state index >= 15 is 0 Å². The molecule has 2 aliphatic heterocycles. The van der Waals surface area contributed by atoms with E-state index in [0.717, 1.165) is 39.4 Å². The van der Waals surface area contributed by atoms with Gasteiger partial charge in [-0.05, 0) is 19.9 Å². The van der Waals surface area contributed by atoms with Gasteiger partial charge in [0.1, 0.15) is 0 Å². The third-order valence-corrected chi connectivity index (χ3v) is 4.78. The maximum atomic E-state index is 12.6. The lowest BCUT2D eigenvalue weighted by Crippen LogP contribution is -2.50. The van der Waals surface area contributed by atoms with Gasteiger partial charge in [0.05, 0.1) is 25.4 Å². The molecule has 2 aliphatic rings. The summed E-state index contributed by atoms with van der Waals surface area (Å²) in [5.41, 5.74) is 0.713. The van der Waals surface area contributed by atoms with Crippen LogP contribution in [-0.4, -0.2) is 72.7 Å². The van der Waals surface area contributed by atoms with Gasteiger partial charge in [0.25, 0.3) is 5.91 Å². The molecule has 0 aliphatic carbocycles. The van der Waals surface area contributed by atoms with Crippen molar-refractivity contribution in [3.63, 3.8) is 0 Å². The highest BCUT2D eigenvalue weighted by atomic mass is 16.5. The first-order valence-electron chi connectivity index (χ1n) is 8.67. The summed E-state index contributed by atoms with van der Waals surface area (Å²) in [4.78, 5) is 21.1. The van der Waals surface area contributed by atoms with Crippen LogP contribution < -0.4 is 4.74 Å². The second kappa shape index (κ2) is 7.07. The van der Waals surface area contributed by atoms with E-state index in [1.807, 2.05) is 4.90 Å². The molecule has 6 heteroatoms. The number of hydrogen-bond acceptors (Lipinski definition) is 5. The van der Waals surface area contributed by atoms with E-state index in [1.54, 1.807) is 18.3 Å². The van der Waals surface area contributed by atoms with E-state index < -0.39 is 0 Å². The average molecular weight is 333 g/mol. The molecule has 3 heterocycles. The van der Waals surface area contributed by atoms with Gasteiger partial charge < -0.3 is 14.4 Å². The molecular weight excluding hydrogens is 306 g/mol. The zero-order valence-corrected chi connectivity index (χ0v) is 14.8. The molecule has 0 atom stereocenters. The Hall–Kier alpha value is -1.66. The summed E-state index contributed by atoms with van der Waals surface area (Å²) in [5.74, 6) is 0.612. The maximum Gasteiger partial charge on any atom is 0.255 e. The van der Waals surface area contributed by atoms with Crippen molar-refractivity contribution in [2.24, 2.45) is 5.41 Å². The zero-order chi connectivity index (χ0) is 17.2. The van der Waals surface area contributed by atoms with Crippen LogP contribution in [0, 0.1) is 5.41 Å². The fraction of sp³-hybridized carbons (Fsp3) is 0.667. The lowest BCUT2D eigenvalue weighted by Gasteiger charge is -2.37. The molecule has 0 aromatic carbocycles. The molecular formula is C18H27N3O3. The summed E-state index contributed by atoms with van der Waals surface area (Å²) < 4.78 is 10.9. The minimum Gasteiger partial charge on any atom is -0.477 e. The summed E-state index contributed by atoms with van der Waals surface area (Å²) in [6, 6.07) is 4.11. The standard InChI is InChI=1S/C18H27N3O3/c1-14(2)20-6-8-21(9-7-20)17(22)15-4-5-16(19-10-15)24-13-18(3)11-23-12-18/h4-5,10,14H,6-9,11-13H2,1-3H3. The molecule has 6 nitrogen and oxygen atoms in total. The van der Waals surface area contributed by atoms with Crippen molar-refractivity contribution < 1.29 is 14.3 Å². The summed E-state index contributed by atoms with van der Waals surface area (Å²) in [6.07, 6.45) is 1.62. The fourth-order valence-electron chi connectivity index (χ4n) is 3.00. The number of ether oxygens (including phenoxy) is 2. The van der Waals surface area contributed by atoms with Crippen LogP contribution >= 0.6 is 0 Å². The molecule has 0 bridgehead atoms. The highest BCUT2D eigenvalue weighted by Gasteiger charge is 2.34. The second-order valence-corrected chi connectivity index (χ2v) is 7.40. The van der Waals surface area contributed by atoms with Crippen LogP contribution in [0.15, 0.2) is 18.3 Å². The smallest absolute Gasteiger partial charge is 0.255 e. The zero-order valence-electron chi connectivity index (χ0n) is 14.8. The molecule has 1 aromatic rings. The minimum absolute atomic E-state index is 0.0526. The van der Waals surface area contributed by atoms with Crippen LogP contribution in [0.3, 0.4) is 0 Å². The molecule has 1 amide bonds. The molecule has 3 rings (SSSR count). The van der Waals surface area contributed by atoms with Gasteiger partial charge in [0.15, 0.2) is 0 Å². The first kappa shape index (κ1) is 17.2. The highest BCUT2D eigenvalue weighted by Crippen LogP contribution is 2.27. The Morgan fingerprint density at radius 3 is 2.50 bits per heavy atom. The Morgan fingerprint density at radius 2 is 2.00 bits per heavy atom. The van der Waals surface area contributed by atoms with Crippen LogP contribution in [0.5, 0.6) is 5.88 Å². The van der Waals surface area contributed by atoms with Gasteiger partial charge in [0.2, 0.25) is 5.88 Å². The summed E-state index contributed by atoms with van der Waals surface area (Å²) >= 11 is 0. The van der Waals surface area contributed by atoms with Crippen LogP contribution in [0.4, 0.5) is 0 Å². The lowest BCUT2D eigenvalue weighted by atomic mass is 9.90. The lowest BCUT2D eigenvalue weighted by molar-refractivity contribution is -0.120. The van der Waals surface area contributed by atoms with Crippen molar-refractivity contribution >= 4 is 5.91 Å². The molecule has 24 heavy (non-hydrogen) atoms. The molecule has 2 saturated heterocycles. The van der Waals surface area contributed by atoms with E-state index in [4.69, 9.17) is 9.47 Å². The largest absolute Gasteiger partial charge is 0.477 e. The molecule has 0 spiro atoms. The van der Waals surface area contributed by atoms with Gasteiger partial charge in [-0.25, -0.2) is 4.98 Å². The Labute approximate surface area is 143 Å². The Balaban J connectivity index is 1.52. The van der Waals surface area contributed by atoms with Crippen molar-refractivity contribution in [1.82, 2.24) is 14.8 Å². The third-order valence-electron chi connectivity index (χ3n) is 4.78. The normalized spacial score (nSPS) is 20.8. The first-order valence-corrected chi connectivity index (χ1v) is 8.67. The molecule has 2 fully saturated rings. The maximum absolute atomic E-state index is 12.6. The van der Waals surface area contributed by atoms with E-state index in [0.29, 0.717) is 24.1 Å². The van der Waals surface area contributed by atoms with Gasteiger partial charge in [-0.1, -0.05) is 6.92 Å². The number of carbonyl (C=O) groups excluding carboxylic acids is 1. The number of rotatable bonds is 5. The minimum atomic E-state index is 0.0526. The summed E-state index contributed by atoms with van der Waals surface area (Å²) in [5, 5.41) is 0. The van der Waals surface area contributed by atoms with Crippen molar-refractivity contribution in [3.05, 3.63) is 23.9 Å². The van der Waals surface area contributed by atoms with Crippen molar-refractivity contribution in [1.29, 1.82) is 0 Å². The van der Waals surface area contributed by atoms with Gasteiger partial charge >= 0.3 is 0 Å². The number of nitrogens with zero attached hydrogens (tertiary/aromatic N) is 3. The molecule has 132 valence electrons. The summed E-state index contributed by atoms with van der Waals surface area (Å²) in [6.45, 7) is 12.0. The number of piperazine rings is 1. The first-order chi connectivity index (χ1) is 11.5. The molecule has 0 saturated carbocycles. The van der Waals surface area contributed by atoms with Gasteiger partial charge in [-0.3, -0.25) is 9.69 Å². The van der Waals surface area contributed by atoms with E-state index in [1.165, 1.54) is 0 Å². The number of carbonyl (C=O) groups is 1. The Kier molecular flexibility index (Phi) is 5.06. The second-order valence-electron chi connectivity index (χ2n) is 7.40. The van der Waals surface area contributed by atoms with Gasteiger partial charge in [-0.2, -0.15) is 0 Å².